The molecule has 0 bridgehead atoms. The molecule has 0 radical (unpaired) electrons. The highest BCUT2D eigenvalue weighted by Gasteiger charge is 2.24. The van der Waals surface area contributed by atoms with Gasteiger partial charge in [0.05, 0.1) is 5.56 Å². The van der Waals surface area contributed by atoms with E-state index < -0.39 is 0 Å². The van der Waals surface area contributed by atoms with Crippen molar-refractivity contribution in [2.24, 2.45) is 0 Å². The smallest absolute Gasteiger partial charge is 0.340 e. The number of hydrogen-bond acceptors (Lipinski definition) is 5. The molecule has 6 heteroatoms. The minimum atomic E-state index is -0.317. The van der Waals surface area contributed by atoms with Gasteiger partial charge in [-0.1, -0.05) is 18.2 Å². The van der Waals surface area contributed by atoms with Gasteiger partial charge in [0, 0.05) is 22.4 Å². The molecule has 110 valence electrons. The summed E-state index contributed by atoms with van der Waals surface area (Å²) in [5.74, 6) is 0.640. The van der Waals surface area contributed by atoms with Crippen molar-refractivity contribution in [2.45, 2.75) is 17.4 Å². The van der Waals surface area contributed by atoms with Gasteiger partial charge in [-0.3, -0.25) is 4.40 Å². The summed E-state index contributed by atoms with van der Waals surface area (Å²) >= 11 is 1.81. The van der Waals surface area contributed by atoms with Gasteiger partial charge in [0.15, 0.2) is 5.65 Å². The Labute approximate surface area is 131 Å². The number of thioether (sulfide) groups is 1. The van der Waals surface area contributed by atoms with E-state index in [1.807, 2.05) is 18.2 Å². The fourth-order valence-corrected chi connectivity index (χ4v) is 3.67. The quantitative estimate of drug-likeness (QED) is 0.681. The van der Waals surface area contributed by atoms with Gasteiger partial charge in [-0.05, 0) is 24.6 Å². The second-order valence-corrected chi connectivity index (χ2v) is 6.22. The minimum Gasteiger partial charge on any atom is -0.454 e. The SMILES string of the molecule is O=C(OC1CCSc2ccccc21)c1ccc2nncn2c1. The van der Waals surface area contributed by atoms with Crippen molar-refractivity contribution in [1.82, 2.24) is 14.6 Å². The molecule has 1 atom stereocenters. The molecule has 0 N–H and O–H groups in total. The zero-order valence-electron chi connectivity index (χ0n) is 11.7. The number of carbonyl (C=O) groups excluding carboxylic acids is 1. The van der Waals surface area contributed by atoms with E-state index in [-0.39, 0.29) is 12.1 Å². The molecule has 1 unspecified atom stereocenters. The maximum atomic E-state index is 12.4. The highest BCUT2D eigenvalue weighted by Crippen LogP contribution is 2.38. The molecule has 0 fully saturated rings. The summed E-state index contributed by atoms with van der Waals surface area (Å²) in [6.45, 7) is 0. The van der Waals surface area contributed by atoms with Crippen LogP contribution in [0.15, 0.2) is 53.8 Å². The van der Waals surface area contributed by atoms with E-state index in [2.05, 4.69) is 16.3 Å². The van der Waals surface area contributed by atoms with Crippen molar-refractivity contribution < 1.29 is 9.53 Å². The van der Waals surface area contributed by atoms with Crippen molar-refractivity contribution in [1.29, 1.82) is 0 Å². The first-order chi connectivity index (χ1) is 10.8. The number of pyridine rings is 1. The molecule has 1 aromatic carbocycles. The van der Waals surface area contributed by atoms with Crippen LogP contribution in [0.2, 0.25) is 0 Å². The lowest BCUT2D eigenvalue weighted by Gasteiger charge is -2.24. The van der Waals surface area contributed by atoms with E-state index in [0.29, 0.717) is 11.2 Å². The number of hydrogen-bond donors (Lipinski definition) is 0. The highest BCUT2D eigenvalue weighted by molar-refractivity contribution is 7.99. The number of nitrogens with zero attached hydrogens (tertiary/aromatic N) is 3. The van der Waals surface area contributed by atoms with E-state index >= 15 is 0 Å². The third-order valence-corrected chi connectivity index (χ3v) is 4.80. The Hall–Kier alpha value is -2.34. The van der Waals surface area contributed by atoms with Crippen molar-refractivity contribution in [3.05, 3.63) is 60.0 Å². The maximum absolute atomic E-state index is 12.4. The van der Waals surface area contributed by atoms with Crippen LogP contribution in [0.4, 0.5) is 0 Å². The molecule has 3 heterocycles. The Bertz CT molecular complexity index is 846. The average Bonchev–Trinajstić information content (AvgIpc) is 3.02. The van der Waals surface area contributed by atoms with E-state index in [0.717, 1.165) is 17.7 Å². The van der Waals surface area contributed by atoms with Crippen LogP contribution in [-0.2, 0) is 4.74 Å². The van der Waals surface area contributed by atoms with Gasteiger partial charge in [0.1, 0.15) is 12.4 Å². The van der Waals surface area contributed by atoms with Crippen molar-refractivity contribution in [3.8, 4) is 0 Å². The molecule has 0 amide bonds. The van der Waals surface area contributed by atoms with Crippen LogP contribution in [0.1, 0.15) is 28.4 Å². The summed E-state index contributed by atoms with van der Waals surface area (Å²) < 4.78 is 7.43. The summed E-state index contributed by atoms with van der Waals surface area (Å²) in [5.41, 5.74) is 2.30. The molecular formula is C16H13N3O2S. The number of carbonyl (C=O) groups is 1. The van der Waals surface area contributed by atoms with Crippen LogP contribution in [0.3, 0.4) is 0 Å². The fraction of sp³-hybridized carbons (Fsp3) is 0.188. The van der Waals surface area contributed by atoms with Crippen LogP contribution in [0, 0.1) is 0 Å². The molecule has 4 rings (SSSR count). The first-order valence-corrected chi connectivity index (χ1v) is 8.02. The third kappa shape index (κ3) is 2.35. The molecule has 0 saturated carbocycles. The summed E-state index contributed by atoms with van der Waals surface area (Å²) in [6, 6.07) is 11.6. The first kappa shape index (κ1) is 13.3. The van der Waals surface area contributed by atoms with E-state index in [4.69, 9.17) is 4.74 Å². The van der Waals surface area contributed by atoms with E-state index in [1.165, 1.54) is 4.90 Å². The second kappa shape index (κ2) is 5.46. The highest BCUT2D eigenvalue weighted by atomic mass is 32.2. The van der Waals surface area contributed by atoms with Gasteiger partial charge in [-0.15, -0.1) is 22.0 Å². The van der Waals surface area contributed by atoms with Crippen LogP contribution in [-0.4, -0.2) is 26.3 Å². The Morgan fingerprint density at radius 2 is 2.18 bits per heavy atom. The Balaban J connectivity index is 1.59. The fourth-order valence-electron chi connectivity index (χ4n) is 2.58. The lowest BCUT2D eigenvalue weighted by molar-refractivity contribution is 0.0280. The lowest BCUT2D eigenvalue weighted by Crippen LogP contribution is -2.16. The minimum absolute atomic E-state index is 0.179. The summed E-state index contributed by atoms with van der Waals surface area (Å²) in [4.78, 5) is 13.6. The Morgan fingerprint density at radius 3 is 3.14 bits per heavy atom. The Kier molecular flexibility index (Phi) is 3.31. The number of aromatic nitrogens is 3. The zero-order valence-corrected chi connectivity index (χ0v) is 12.5. The molecule has 0 aliphatic carbocycles. The maximum Gasteiger partial charge on any atom is 0.340 e. The topological polar surface area (TPSA) is 56.5 Å². The van der Waals surface area contributed by atoms with Crippen LogP contribution in [0.25, 0.3) is 5.65 Å². The molecule has 5 nitrogen and oxygen atoms in total. The Morgan fingerprint density at radius 1 is 1.27 bits per heavy atom. The molecular weight excluding hydrogens is 298 g/mol. The lowest BCUT2D eigenvalue weighted by atomic mass is 10.1. The average molecular weight is 311 g/mol. The monoisotopic (exact) mass is 311 g/mol. The van der Waals surface area contributed by atoms with Gasteiger partial charge in [0.25, 0.3) is 0 Å². The molecule has 1 aliphatic heterocycles. The van der Waals surface area contributed by atoms with Gasteiger partial charge in [0.2, 0.25) is 0 Å². The summed E-state index contributed by atoms with van der Waals surface area (Å²) in [7, 11) is 0. The molecule has 0 saturated heterocycles. The largest absolute Gasteiger partial charge is 0.454 e. The van der Waals surface area contributed by atoms with Gasteiger partial charge >= 0.3 is 5.97 Å². The van der Waals surface area contributed by atoms with E-state index in [1.54, 1.807) is 40.8 Å². The summed E-state index contributed by atoms with van der Waals surface area (Å²) in [6.07, 6.45) is 3.92. The summed E-state index contributed by atoms with van der Waals surface area (Å²) in [5, 5.41) is 7.73. The molecule has 2 aromatic heterocycles. The number of fused-ring (bicyclic) bond motifs is 2. The predicted molar refractivity (Wildman–Crippen MR) is 82.9 cm³/mol. The van der Waals surface area contributed by atoms with Gasteiger partial charge < -0.3 is 4.74 Å². The first-order valence-electron chi connectivity index (χ1n) is 7.03. The number of rotatable bonds is 2. The van der Waals surface area contributed by atoms with Crippen LogP contribution < -0.4 is 0 Å². The molecule has 3 aromatic rings. The van der Waals surface area contributed by atoms with E-state index in [9.17, 15) is 4.79 Å². The standard InChI is InChI=1S/C16H13N3O2S/c20-16(11-5-6-15-18-17-10-19(15)9-11)21-13-7-8-22-14-4-2-1-3-12(13)14/h1-6,9-10,13H,7-8H2. The van der Waals surface area contributed by atoms with Crippen LogP contribution in [0.5, 0.6) is 0 Å². The van der Waals surface area contributed by atoms with Crippen molar-refractivity contribution in [3.63, 3.8) is 0 Å². The molecule has 0 spiro atoms. The van der Waals surface area contributed by atoms with Crippen molar-refractivity contribution in [2.75, 3.05) is 5.75 Å². The second-order valence-electron chi connectivity index (χ2n) is 5.08. The predicted octanol–water partition coefficient (Wildman–Crippen LogP) is 3.12. The third-order valence-electron chi connectivity index (χ3n) is 3.68. The number of esters is 1. The van der Waals surface area contributed by atoms with Crippen molar-refractivity contribution >= 4 is 23.4 Å². The van der Waals surface area contributed by atoms with Crippen LogP contribution >= 0.6 is 11.8 Å². The van der Waals surface area contributed by atoms with Gasteiger partial charge in [-0.25, -0.2) is 4.79 Å². The molecule has 22 heavy (non-hydrogen) atoms. The normalized spacial score (nSPS) is 17.2. The zero-order chi connectivity index (χ0) is 14.9. The molecule has 1 aliphatic rings. The van der Waals surface area contributed by atoms with Gasteiger partial charge in [-0.2, -0.15) is 0 Å². The number of benzene rings is 1. The number of ether oxygens (including phenoxy) is 1.